The van der Waals surface area contributed by atoms with Gasteiger partial charge in [-0.3, -0.25) is 10.1 Å². The van der Waals surface area contributed by atoms with Crippen molar-refractivity contribution in [3.63, 3.8) is 0 Å². The van der Waals surface area contributed by atoms with Crippen molar-refractivity contribution < 1.29 is 4.92 Å². The summed E-state index contributed by atoms with van der Waals surface area (Å²) in [6, 6.07) is 4.69. The van der Waals surface area contributed by atoms with Crippen LogP contribution in [0.2, 0.25) is 0 Å². The number of nitro groups is 1. The van der Waals surface area contributed by atoms with E-state index in [0.717, 1.165) is 18.7 Å². The highest BCUT2D eigenvalue weighted by Gasteiger charge is 2.31. The Morgan fingerprint density at radius 3 is 2.63 bits per heavy atom. The molecule has 0 aliphatic heterocycles. The van der Waals surface area contributed by atoms with Crippen molar-refractivity contribution in [2.75, 3.05) is 17.6 Å². The lowest BCUT2D eigenvalue weighted by Crippen LogP contribution is -2.25. The van der Waals surface area contributed by atoms with Gasteiger partial charge in [-0.25, -0.2) is 0 Å². The van der Waals surface area contributed by atoms with E-state index in [0.29, 0.717) is 11.1 Å². The van der Waals surface area contributed by atoms with E-state index in [4.69, 9.17) is 5.73 Å². The maximum atomic E-state index is 10.8. The van der Waals surface area contributed by atoms with Crippen LogP contribution in [-0.2, 0) is 0 Å². The summed E-state index contributed by atoms with van der Waals surface area (Å²) in [5.74, 6) is 0. The summed E-state index contributed by atoms with van der Waals surface area (Å²) in [5.41, 5.74) is 7.26. The summed E-state index contributed by atoms with van der Waals surface area (Å²) in [5, 5.41) is 14.1. The second kappa shape index (κ2) is 5.47. The van der Waals surface area contributed by atoms with Crippen LogP contribution in [0.15, 0.2) is 18.2 Å². The van der Waals surface area contributed by atoms with Gasteiger partial charge >= 0.3 is 0 Å². The van der Waals surface area contributed by atoms with E-state index in [9.17, 15) is 10.1 Å². The Hall–Kier alpha value is -1.78. The second-order valence-corrected chi connectivity index (χ2v) is 5.48. The summed E-state index contributed by atoms with van der Waals surface area (Å²) in [4.78, 5) is 10.4. The molecule has 104 valence electrons. The number of hydrogen-bond acceptors (Lipinski definition) is 4. The molecule has 1 aromatic carbocycles. The molecule has 0 bridgehead atoms. The number of rotatable bonds is 5. The van der Waals surface area contributed by atoms with Crippen LogP contribution >= 0.6 is 0 Å². The normalized spacial score (nSPS) is 17.3. The minimum absolute atomic E-state index is 0.0412. The van der Waals surface area contributed by atoms with Gasteiger partial charge in [0.2, 0.25) is 0 Å². The van der Waals surface area contributed by atoms with Crippen LogP contribution in [-0.4, -0.2) is 11.5 Å². The summed E-state index contributed by atoms with van der Waals surface area (Å²) in [7, 11) is 0. The highest BCUT2D eigenvalue weighted by atomic mass is 16.6. The molecule has 19 heavy (non-hydrogen) atoms. The van der Waals surface area contributed by atoms with Crippen molar-refractivity contribution in [3.8, 4) is 0 Å². The van der Waals surface area contributed by atoms with Crippen molar-refractivity contribution >= 4 is 17.1 Å². The number of nitro benzene ring substituents is 1. The molecule has 5 heteroatoms. The van der Waals surface area contributed by atoms with Crippen molar-refractivity contribution in [2.24, 2.45) is 5.41 Å². The Morgan fingerprint density at radius 2 is 2.05 bits per heavy atom. The molecule has 2 rings (SSSR count). The lowest BCUT2D eigenvalue weighted by Gasteiger charge is -2.28. The van der Waals surface area contributed by atoms with Gasteiger partial charge in [0, 0.05) is 30.1 Å². The number of non-ortho nitro benzene ring substituents is 1. The first kappa shape index (κ1) is 13.6. The first-order chi connectivity index (χ1) is 9.04. The van der Waals surface area contributed by atoms with Gasteiger partial charge in [0.05, 0.1) is 4.92 Å². The van der Waals surface area contributed by atoms with Crippen LogP contribution in [0.4, 0.5) is 17.1 Å². The second-order valence-electron chi connectivity index (χ2n) is 5.48. The van der Waals surface area contributed by atoms with E-state index < -0.39 is 4.92 Å². The van der Waals surface area contributed by atoms with Crippen molar-refractivity contribution in [1.29, 1.82) is 0 Å². The summed E-state index contributed by atoms with van der Waals surface area (Å²) < 4.78 is 0. The monoisotopic (exact) mass is 263 g/mol. The number of nitrogen functional groups attached to an aromatic ring is 1. The SMILES string of the molecule is CCC1(CNc2cc(N)cc([N+](=O)[O-])c2)CCCC1. The molecule has 1 saturated carbocycles. The predicted octanol–water partition coefficient (Wildman–Crippen LogP) is 3.56. The number of hydrogen-bond donors (Lipinski definition) is 2. The van der Waals surface area contributed by atoms with Gasteiger partial charge in [0.1, 0.15) is 0 Å². The third-order valence-electron chi connectivity index (χ3n) is 4.23. The minimum Gasteiger partial charge on any atom is -0.398 e. The van der Waals surface area contributed by atoms with E-state index in [-0.39, 0.29) is 5.69 Å². The molecule has 0 spiro atoms. The zero-order chi connectivity index (χ0) is 13.9. The van der Waals surface area contributed by atoms with E-state index >= 15 is 0 Å². The zero-order valence-electron chi connectivity index (χ0n) is 11.3. The summed E-state index contributed by atoms with van der Waals surface area (Å²) in [6.07, 6.45) is 6.19. The Bertz CT molecular complexity index is 468. The van der Waals surface area contributed by atoms with Gasteiger partial charge in [0.15, 0.2) is 0 Å². The molecule has 1 aliphatic rings. The third kappa shape index (κ3) is 3.16. The van der Waals surface area contributed by atoms with Gasteiger partial charge in [0.25, 0.3) is 5.69 Å². The van der Waals surface area contributed by atoms with Gasteiger partial charge in [-0.05, 0) is 30.7 Å². The Balaban J connectivity index is 2.08. The standard InChI is InChI=1S/C14H21N3O2/c1-2-14(5-3-4-6-14)10-16-12-7-11(15)8-13(9-12)17(18)19/h7-9,16H,2-6,10,15H2,1H3. The van der Waals surface area contributed by atoms with Crippen LogP contribution in [0, 0.1) is 15.5 Å². The molecule has 0 radical (unpaired) electrons. The fraction of sp³-hybridized carbons (Fsp3) is 0.571. The molecule has 1 aliphatic carbocycles. The number of nitrogens with one attached hydrogen (secondary N) is 1. The minimum atomic E-state index is -0.410. The smallest absolute Gasteiger partial charge is 0.273 e. The van der Waals surface area contributed by atoms with E-state index in [1.165, 1.54) is 31.7 Å². The van der Waals surface area contributed by atoms with Crippen molar-refractivity contribution in [1.82, 2.24) is 0 Å². The molecule has 0 amide bonds. The molecule has 1 aromatic rings. The maximum absolute atomic E-state index is 10.8. The van der Waals surface area contributed by atoms with Gasteiger partial charge in [-0.2, -0.15) is 0 Å². The van der Waals surface area contributed by atoms with E-state index in [1.54, 1.807) is 12.1 Å². The molecule has 1 fully saturated rings. The fourth-order valence-corrected chi connectivity index (χ4v) is 2.91. The predicted molar refractivity (Wildman–Crippen MR) is 77.2 cm³/mol. The fourth-order valence-electron chi connectivity index (χ4n) is 2.91. The van der Waals surface area contributed by atoms with E-state index in [2.05, 4.69) is 12.2 Å². The van der Waals surface area contributed by atoms with Crippen LogP contribution in [0.25, 0.3) is 0 Å². The van der Waals surface area contributed by atoms with Crippen molar-refractivity contribution in [3.05, 3.63) is 28.3 Å². The average molecular weight is 263 g/mol. The lowest BCUT2D eigenvalue weighted by atomic mass is 9.83. The molecule has 0 unspecified atom stereocenters. The van der Waals surface area contributed by atoms with E-state index in [1.807, 2.05) is 0 Å². The molecule has 3 N–H and O–H groups in total. The topological polar surface area (TPSA) is 81.2 Å². The highest BCUT2D eigenvalue weighted by molar-refractivity contribution is 5.61. The molecule has 0 aromatic heterocycles. The van der Waals surface area contributed by atoms with Crippen LogP contribution in [0.1, 0.15) is 39.0 Å². The number of anilines is 2. The summed E-state index contributed by atoms with van der Waals surface area (Å²) in [6.45, 7) is 3.08. The number of nitrogens with two attached hydrogens (primary N) is 1. The Morgan fingerprint density at radius 1 is 1.37 bits per heavy atom. The van der Waals surface area contributed by atoms with Crippen LogP contribution < -0.4 is 11.1 Å². The average Bonchev–Trinajstić information content (AvgIpc) is 2.85. The molecular formula is C14H21N3O2. The van der Waals surface area contributed by atoms with Gasteiger partial charge in [-0.15, -0.1) is 0 Å². The third-order valence-corrected chi connectivity index (χ3v) is 4.23. The first-order valence-electron chi connectivity index (χ1n) is 6.83. The lowest BCUT2D eigenvalue weighted by molar-refractivity contribution is -0.384. The van der Waals surface area contributed by atoms with Crippen LogP contribution in [0.5, 0.6) is 0 Å². The summed E-state index contributed by atoms with van der Waals surface area (Å²) >= 11 is 0. The molecule has 0 saturated heterocycles. The Kier molecular flexibility index (Phi) is 3.93. The maximum Gasteiger partial charge on any atom is 0.273 e. The number of benzene rings is 1. The molecule has 0 atom stereocenters. The van der Waals surface area contributed by atoms with Gasteiger partial charge < -0.3 is 11.1 Å². The zero-order valence-corrected chi connectivity index (χ0v) is 11.3. The molecule has 5 nitrogen and oxygen atoms in total. The first-order valence-corrected chi connectivity index (χ1v) is 6.83. The molecule has 0 heterocycles. The molecular weight excluding hydrogens is 242 g/mol. The van der Waals surface area contributed by atoms with Gasteiger partial charge in [-0.1, -0.05) is 19.8 Å². The van der Waals surface area contributed by atoms with Crippen molar-refractivity contribution in [2.45, 2.75) is 39.0 Å². The number of nitrogens with zero attached hydrogens (tertiary/aromatic N) is 1. The largest absolute Gasteiger partial charge is 0.398 e. The Labute approximate surface area is 113 Å². The quantitative estimate of drug-likeness (QED) is 0.483. The van der Waals surface area contributed by atoms with Crippen LogP contribution in [0.3, 0.4) is 0 Å². The highest BCUT2D eigenvalue weighted by Crippen LogP contribution is 2.41.